The highest BCUT2D eigenvalue weighted by molar-refractivity contribution is 5.92. The predicted molar refractivity (Wildman–Crippen MR) is 79.3 cm³/mol. The molecule has 0 spiro atoms. The Morgan fingerprint density at radius 2 is 1.95 bits per heavy atom. The van der Waals surface area contributed by atoms with Crippen molar-refractivity contribution in [1.29, 1.82) is 0 Å². The van der Waals surface area contributed by atoms with Crippen LogP contribution in [0.2, 0.25) is 0 Å². The van der Waals surface area contributed by atoms with Gasteiger partial charge in [0.15, 0.2) is 0 Å². The molecule has 6 heteroatoms. The number of carboxylic acid groups (broad SMARTS) is 1. The number of benzene rings is 2. The lowest BCUT2D eigenvalue weighted by atomic mass is 10.2. The number of nitrogens with zero attached hydrogens (tertiary/aromatic N) is 1. The molecule has 21 heavy (non-hydrogen) atoms. The molecule has 0 saturated carbocycles. The first kappa shape index (κ1) is 14.4. The van der Waals surface area contributed by atoms with Crippen molar-refractivity contribution in [2.24, 2.45) is 5.10 Å². The second kappa shape index (κ2) is 6.42. The maximum Gasteiger partial charge on any atom is 0.339 e. The van der Waals surface area contributed by atoms with E-state index in [4.69, 9.17) is 9.84 Å². The first-order valence-electron chi connectivity index (χ1n) is 6.09. The van der Waals surface area contributed by atoms with Crippen LogP contribution in [0.1, 0.15) is 15.9 Å². The molecule has 0 aliphatic heterocycles. The Bertz CT molecular complexity index is 666. The zero-order chi connectivity index (χ0) is 15.2. The van der Waals surface area contributed by atoms with Crippen LogP contribution in [-0.2, 0) is 0 Å². The number of methoxy groups -OCH3 is 1. The molecule has 0 aromatic heterocycles. The molecule has 3 N–H and O–H groups in total. The molecule has 0 saturated heterocycles. The van der Waals surface area contributed by atoms with Gasteiger partial charge in [-0.3, -0.25) is 5.43 Å². The van der Waals surface area contributed by atoms with E-state index in [1.54, 1.807) is 13.3 Å². The van der Waals surface area contributed by atoms with E-state index < -0.39 is 5.97 Å². The average molecular weight is 286 g/mol. The van der Waals surface area contributed by atoms with E-state index in [2.05, 4.69) is 10.5 Å². The second-order valence-corrected chi connectivity index (χ2v) is 4.18. The molecule has 0 fully saturated rings. The van der Waals surface area contributed by atoms with Gasteiger partial charge in [-0.15, -0.1) is 0 Å². The molecule has 2 aromatic rings. The normalized spacial score (nSPS) is 10.5. The summed E-state index contributed by atoms with van der Waals surface area (Å²) in [6, 6.07) is 11.4. The molecule has 0 unspecified atom stereocenters. The first-order valence-corrected chi connectivity index (χ1v) is 6.09. The zero-order valence-corrected chi connectivity index (χ0v) is 11.3. The SMILES string of the molecule is COc1ccc(C=NNc2ccc(O)c(C(=O)O)c2)cc1. The van der Waals surface area contributed by atoms with Crippen molar-refractivity contribution in [1.82, 2.24) is 0 Å². The number of hydrazone groups is 1. The molecule has 108 valence electrons. The van der Waals surface area contributed by atoms with Gasteiger partial charge in [-0.2, -0.15) is 5.10 Å². The number of anilines is 1. The van der Waals surface area contributed by atoms with E-state index in [0.29, 0.717) is 5.69 Å². The fourth-order valence-corrected chi connectivity index (χ4v) is 1.65. The standard InChI is InChI=1S/C15H14N2O4/c1-21-12-5-2-10(3-6-12)9-16-17-11-4-7-14(18)13(8-11)15(19)20/h2-9,17-18H,1H3,(H,19,20). The number of ether oxygens (including phenoxy) is 1. The Hall–Kier alpha value is -3.02. The summed E-state index contributed by atoms with van der Waals surface area (Å²) < 4.78 is 5.05. The van der Waals surface area contributed by atoms with Crippen LogP contribution in [0.15, 0.2) is 47.6 Å². The van der Waals surface area contributed by atoms with Gasteiger partial charge in [0.25, 0.3) is 0 Å². The quantitative estimate of drug-likeness (QED) is 0.446. The smallest absolute Gasteiger partial charge is 0.339 e. The summed E-state index contributed by atoms with van der Waals surface area (Å²) in [5.74, 6) is -0.729. The predicted octanol–water partition coefficient (Wildman–Crippen LogP) is 2.54. The average Bonchev–Trinajstić information content (AvgIpc) is 2.49. The Kier molecular flexibility index (Phi) is 4.40. The third-order valence-corrected chi connectivity index (χ3v) is 2.75. The van der Waals surface area contributed by atoms with E-state index in [9.17, 15) is 9.90 Å². The van der Waals surface area contributed by atoms with Gasteiger partial charge < -0.3 is 14.9 Å². The summed E-state index contributed by atoms with van der Waals surface area (Å²) in [5.41, 5.74) is 3.86. The molecule has 0 amide bonds. The van der Waals surface area contributed by atoms with Gasteiger partial charge in [-0.1, -0.05) is 0 Å². The minimum atomic E-state index is -1.20. The molecular formula is C15H14N2O4. The molecule has 0 aliphatic rings. The molecular weight excluding hydrogens is 272 g/mol. The van der Waals surface area contributed by atoms with Crippen molar-refractivity contribution in [3.63, 3.8) is 0 Å². The zero-order valence-electron chi connectivity index (χ0n) is 11.3. The molecule has 0 heterocycles. The van der Waals surface area contributed by atoms with Crippen molar-refractivity contribution >= 4 is 17.9 Å². The van der Waals surface area contributed by atoms with Crippen molar-refractivity contribution in [2.45, 2.75) is 0 Å². The highest BCUT2D eigenvalue weighted by atomic mass is 16.5. The largest absolute Gasteiger partial charge is 0.507 e. The summed E-state index contributed by atoms with van der Waals surface area (Å²) >= 11 is 0. The number of nitrogens with one attached hydrogen (secondary N) is 1. The Balaban J connectivity index is 2.06. The minimum absolute atomic E-state index is 0.181. The van der Waals surface area contributed by atoms with E-state index in [0.717, 1.165) is 11.3 Å². The fourth-order valence-electron chi connectivity index (χ4n) is 1.65. The monoisotopic (exact) mass is 286 g/mol. The molecule has 0 atom stereocenters. The minimum Gasteiger partial charge on any atom is -0.507 e. The molecule has 2 aromatic carbocycles. The Labute approximate surface area is 121 Å². The molecule has 0 aliphatic carbocycles. The van der Waals surface area contributed by atoms with Crippen molar-refractivity contribution in [2.75, 3.05) is 12.5 Å². The van der Waals surface area contributed by atoms with Gasteiger partial charge in [-0.05, 0) is 48.0 Å². The van der Waals surface area contributed by atoms with Gasteiger partial charge >= 0.3 is 5.97 Å². The molecule has 0 bridgehead atoms. The van der Waals surface area contributed by atoms with Crippen LogP contribution in [0.5, 0.6) is 11.5 Å². The third-order valence-electron chi connectivity index (χ3n) is 2.75. The van der Waals surface area contributed by atoms with Crippen LogP contribution >= 0.6 is 0 Å². The topological polar surface area (TPSA) is 91.1 Å². The van der Waals surface area contributed by atoms with E-state index in [1.807, 2.05) is 24.3 Å². The molecule has 2 rings (SSSR count). The first-order chi connectivity index (χ1) is 10.1. The maximum atomic E-state index is 10.9. The van der Waals surface area contributed by atoms with Gasteiger partial charge in [0.2, 0.25) is 0 Å². The number of carbonyl (C=O) groups is 1. The number of aromatic hydroxyl groups is 1. The summed E-state index contributed by atoms with van der Waals surface area (Å²) in [7, 11) is 1.59. The highest BCUT2D eigenvalue weighted by Gasteiger charge is 2.09. The van der Waals surface area contributed by atoms with Gasteiger partial charge in [0.1, 0.15) is 17.1 Å². The lowest BCUT2D eigenvalue weighted by Crippen LogP contribution is -1.98. The van der Waals surface area contributed by atoms with Crippen molar-refractivity contribution in [3.05, 3.63) is 53.6 Å². The Morgan fingerprint density at radius 3 is 2.57 bits per heavy atom. The summed E-state index contributed by atoms with van der Waals surface area (Å²) in [6.45, 7) is 0. The number of rotatable bonds is 5. The maximum absolute atomic E-state index is 10.9. The number of hydrogen-bond acceptors (Lipinski definition) is 5. The third kappa shape index (κ3) is 3.73. The van der Waals surface area contributed by atoms with Crippen LogP contribution in [0, 0.1) is 0 Å². The Morgan fingerprint density at radius 1 is 1.24 bits per heavy atom. The molecule has 6 nitrogen and oxygen atoms in total. The highest BCUT2D eigenvalue weighted by Crippen LogP contribution is 2.21. The van der Waals surface area contributed by atoms with E-state index in [-0.39, 0.29) is 11.3 Å². The summed E-state index contributed by atoms with van der Waals surface area (Å²) in [5, 5.41) is 22.3. The van der Waals surface area contributed by atoms with Crippen LogP contribution in [0.3, 0.4) is 0 Å². The number of carboxylic acids is 1. The van der Waals surface area contributed by atoms with E-state index >= 15 is 0 Å². The lowest BCUT2D eigenvalue weighted by molar-refractivity contribution is 0.0694. The van der Waals surface area contributed by atoms with Crippen LogP contribution in [0.4, 0.5) is 5.69 Å². The lowest BCUT2D eigenvalue weighted by Gasteiger charge is -2.04. The van der Waals surface area contributed by atoms with Crippen molar-refractivity contribution in [3.8, 4) is 11.5 Å². The molecule has 0 radical (unpaired) electrons. The summed E-state index contributed by atoms with van der Waals surface area (Å²) in [4.78, 5) is 10.9. The number of aromatic carboxylic acids is 1. The number of phenols is 1. The van der Waals surface area contributed by atoms with Crippen molar-refractivity contribution < 1.29 is 19.7 Å². The van der Waals surface area contributed by atoms with Gasteiger partial charge in [0, 0.05) is 0 Å². The van der Waals surface area contributed by atoms with Gasteiger partial charge in [0.05, 0.1) is 19.0 Å². The van der Waals surface area contributed by atoms with Crippen LogP contribution in [-0.4, -0.2) is 29.5 Å². The van der Waals surface area contributed by atoms with E-state index in [1.165, 1.54) is 18.2 Å². The number of hydrogen-bond donors (Lipinski definition) is 3. The van der Waals surface area contributed by atoms with Crippen LogP contribution in [0.25, 0.3) is 0 Å². The van der Waals surface area contributed by atoms with Crippen LogP contribution < -0.4 is 10.2 Å². The fraction of sp³-hybridized carbons (Fsp3) is 0.0667. The second-order valence-electron chi connectivity index (χ2n) is 4.18. The van der Waals surface area contributed by atoms with Gasteiger partial charge in [-0.25, -0.2) is 4.79 Å². The summed E-state index contributed by atoms with van der Waals surface area (Å²) in [6.07, 6.45) is 1.59.